The van der Waals surface area contributed by atoms with Crippen molar-refractivity contribution >= 4 is 5.91 Å². The van der Waals surface area contributed by atoms with Crippen LogP contribution in [0.1, 0.15) is 35.4 Å². The van der Waals surface area contributed by atoms with E-state index in [1.807, 2.05) is 29.2 Å². The summed E-state index contributed by atoms with van der Waals surface area (Å²) in [6.07, 6.45) is 5.49. The molecule has 6 nitrogen and oxygen atoms in total. The van der Waals surface area contributed by atoms with E-state index in [2.05, 4.69) is 33.9 Å². The molecule has 1 aromatic carbocycles. The fourth-order valence-corrected chi connectivity index (χ4v) is 4.75. The minimum absolute atomic E-state index is 0.0385. The maximum absolute atomic E-state index is 12.5. The highest BCUT2D eigenvalue weighted by molar-refractivity contribution is 5.77. The van der Waals surface area contributed by atoms with E-state index in [1.165, 1.54) is 5.56 Å². The summed E-state index contributed by atoms with van der Waals surface area (Å²) in [6.45, 7) is 2.64. The number of benzene rings is 1. The Kier molecular flexibility index (Phi) is 6.98. The number of aliphatic hydroxyl groups excluding tert-OH is 1. The van der Waals surface area contributed by atoms with Crippen LogP contribution < -0.4 is 0 Å². The number of aromatic nitrogens is 1. The van der Waals surface area contributed by atoms with Gasteiger partial charge in [0.1, 0.15) is 6.61 Å². The van der Waals surface area contributed by atoms with E-state index in [-0.39, 0.29) is 37.1 Å². The van der Waals surface area contributed by atoms with E-state index in [1.54, 1.807) is 19.5 Å². The largest absolute Gasteiger partial charge is 0.395 e. The highest BCUT2D eigenvalue weighted by Crippen LogP contribution is 2.41. The summed E-state index contributed by atoms with van der Waals surface area (Å²) < 4.78 is 5.07. The van der Waals surface area contributed by atoms with Crippen molar-refractivity contribution in [2.45, 2.75) is 30.8 Å². The zero-order valence-electron chi connectivity index (χ0n) is 17.9. The van der Waals surface area contributed by atoms with Gasteiger partial charge in [-0.2, -0.15) is 0 Å². The van der Waals surface area contributed by atoms with Gasteiger partial charge in [0.05, 0.1) is 6.61 Å². The third-order valence-corrected chi connectivity index (χ3v) is 6.30. The van der Waals surface area contributed by atoms with Crippen molar-refractivity contribution in [1.82, 2.24) is 14.8 Å². The van der Waals surface area contributed by atoms with Gasteiger partial charge in [0.2, 0.25) is 5.91 Å². The van der Waals surface area contributed by atoms with Gasteiger partial charge in [-0.15, -0.1) is 0 Å². The van der Waals surface area contributed by atoms with Gasteiger partial charge < -0.3 is 14.7 Å². The molecule has 3 heterocycles. The predicted molar refractivity (Wildman–Crippen MR) is 118 cm³/mol. The molecule has 0 unspecified atom stereocenters. The molecule has 0 aliphatic carbocycles. The number of ether oxygens (including phenoxy) is 1. The molecule has 1 N–H and O–H groups in total. The van der Waals surface area contributed by atoms with Crippen molar-refractivity contribution < 1.29 is 14.6 Å². The van der Waals surface area contributed by atoms with Gasteiger partial charge in [0.15, 0.2) is 0 Å². The molecular formula is C25H29N3O3. The fraction of sp³-hybridized carbons (Fsp3) is 0.440. The third-order valence-electron chi connectivity index (χ3n) is 6.30. The van der Waals surface area contributed by atoms with Crippen LogP contribution in [0.4, 0.5) is 0 Å². The number of methoxy groups -OCH3 is 1. The monoisotopic (exact) mass is 419 g/mol. The lowest BCUT2D eigenvalue weighted by atomic mass is 9.74. The van der Waals surface area contributed by atoms with Crippen molar-refractivity contribution in [3.63, 3.8) is 0 Å². The molecule has 1 aromatic heterocycles. The molecule has 3 atom stereocenters. The minimum Gasteiger partial charge on any atom is -0.395 e. The molecule has 0 bridgehead atoms. The van der Waals surface area contributed by atoms with Crippen molar-refractivity contribution in [2.24, 2.45) is 0 Å². The van der Waals surface area contributed by atoms with Crippen LogP contribution in [-0.4, -0.2) is 77.8 Å². The number of fused-ring (bicyclic) bond motifs is 1. The second kappa shape index (κ2) is 10.1. The topological polar surface area (TPSA) is 65.9 Å². The van der Waals surface area contributed by atoms with Crippen LogP contribution in [0, 0.1) is 11.8 Å². The lowest BCUT2D eigenvalue weighted by molar-refractivity contribution is -0.140. The number of aliphatic hydroxyl groups is 1. The average Bonchev–Trinajstić information content (AvgIpc) is 2.78. The summed E-state index contributed by atoms with van der Waals surface area (Å²) in [6, 6.07) is 12.4. The molecule has 2 saturated heterocycles. The molecule has 0 radical (unpaired) electrons. The summed E-state index contributed by atoms with van der Waals surface area (Å²) >= 11 is 0. The Morgan fingerprint density at radius 3 is 2.65 bits per heavy atom. The Morgan fingerprint density at radius 1 is 1.16 bits per heavy atom. The van der Waals surface area contributed by atoms with Crippen LogP contribution in [0.5, 0.6) is 0 Å². The molecule has 2 aromatic rings. The molecule has 2 fully saturated rings. The van der Waals surface area contributed by atoms with Crippen molar-refractivity contribution in [3.05, 3.63) is 65.5 Å². The first kappa shape index (κ1) is 21.5. The fourth-order valence-electron chi connectivity index (χ4n) is 4.75. The zero-order chi connectivity index (χ0) is 21.6. The van der Waals surface area contributed by atoms with E-state index < -0.39 is 0 Å². The van der Waals surface area contributed by atoms with Crippen LogP contribution in [0.15, 0.2) is 48.8 Å². The van der Waals surface area contributed by atoms with Crippen LogP contribution in [0.3, 0.4) is 0 Å². The molecule has 6 heteroatoms. The maximum atomic E-state index is 12.5. The quantitative estimate of drug-likeness (QED) is 0.767. The first-order valence-corrected chi connectivity index (χ1v) is 10.9. The molecule has 2 aliphatic heterocycles. The van der Waals surface area contributed by atoms with Crippen molar-refractivity contribution in [2.75, 3.05) is 40.0 Å². The maximum Gasteiger partial charge on any atom is 0.248 e. The molecule has 0 spiro atoms. The SMILES string of the molecule is COCC(=O)N1CCCCN2[C@H](CO)[C@@H](c3ccc(C#Cc4cccnc4)cc3)[C@H]2C1. The summed E-state index contributed by atoms with van der Waals surface area (Å²) in [7, 11) is 1.56. The van der Waals surface area contributed by atoms with E-state index in [9.17, 15) is 9.90 Å². The second-order valence-corrected chi connectivity index (χ2v) is 8.17. The van der Waals surface area contributed by atoms with Gasteiger partial charge >= 0.3 is 0 Å². The number of carbonyl (C=O) groups is 1. The van der Waals surface area contributed by atoms with E-state index in [0.717, 1.165) is 37.1 Å². The number of carbonyl (C=O) groups excluding carboxylic acids is 1. The Bertz CT molecular complexity index is 936. The lowest BCUT2D eigenvalue weighted by Crippen LogP contribution is -2.68. The first-order chi connectivity index (χ1) is 15.2. The number of nitrogens with zero attached hydrogens (tertiary/aromatic N) is 3. The highest BCUT2D eigenvalue weighted by Gasteiger charge is 2.49. The van der Waals surface area contributed by atoms with Crippen LogP contribution in [0.25, 0.3) is 0 Å². The predicted octanol–water partition coefficient (Wildman–Crippen LogP) is 1.88. The van der Waals surface area contributed by atoms with Gasteiger partial charge in [0, 0.05) is 61.7 Å². The van der Waals surface area contributed by atoms with Crippen molar-refractivity contribution in [1.29, 1.82) is 0 Å². The van der Waals surface area contributed by atoms with E-state index >= 15 is 0 Å². The smallest absolute Gasteiger partial charge is 0.248 e. The summed E-state index contributed by atoms with van der Waals surface area (Å²) in [5, 5.41) is 10.1. The van der Waals surface area contributed by atoms with Crippen LogP contribution in [0.2, 0.25) is 0 Å². The van der Waals surface area contributed by atoms with Gasteiger partial charge in [0.25, 0.3) is 0 Å². The van der Waals surface area contributed by atoms with Gasteiger partial charge in [-0.1, -0.05) is 24.0 Å². The molecule has 0 saturated carbocycles. The summed E-state index contributed by atoms with van der Waals surface area (Å²) in [5.74, 6) is 6.55. The second-order valence-electron chi connectivity index (χ2n) is 8.17. The van der Waals surface area contributed by atoms with Crippen LogP contribution in [-0.2, 0) is 9.53 Å². The van der Waals surface area contributed by atoms with Gasteiger partial charge in [-0.05, 0) is 49.2 Å². The van der Waals surface area contributed by atoms with Crippen molar-refractivity contribution in [3.8, 4) is 11.8 Å². The number of pyridine rings is 1. The molecule has 1 amide bonds. The summed E-state index contributed by atoms with van der Waals surface area (Å²) in [5.41, 5.74) is 3.02. The number of rotatable bonds is 4. The molecule has 2 aliphatic rings. The Labute approximate surface area is 183 Å². The number of hydrogen-bond acceptors (Lipinski definition) is 5. The Morgan fingerprint density at radius 2 is 1.94 bits per heavy atom. The van der Waals surface area contributed by atoms with E-state index in [4.69, 9.17) is 4.74 Å². The number of amides is 1. The highest BCUT2D eigenvalue weighted by atomic mass is 16.5. The first-order valence-electron chi connectivity index (χ1n) is 10.9. The van der Waals surface area contributed by atoms with Gasteiger partial charge in [-0.3, -0.25) is 14.7 Å². The Hall–Kier alpha value is -2.72. The molecule has 162 valence electrons. The molecular weight excluding hydrogens is 390 g/mol. The number of hydrogen-bond donors (Lipinski definition) is 1. The Balaban J connectivity index is 1.51. The molecule has 4 rings (SSSR count). The minimum atomic E-state index is 0.0385. The standard InChI is InChI=1S/C25H29N3O3/c1-31-18-24(30)27-13-2-3-14-28-22(16-27)25(23(28)17-29)21-10-8-19(9-11-21)6-7-20-5-4-12-26-15-20/h4-5,8-12,15,22-23,25,29H,2-3,13-14,16-18H2,1H3/t22-,23-,25+/m1/s1. The van der Waals surface area contributed by atoms with E-state index in [0.29, 0.717) is 6.54 Å². The average molecular weight is 420 g/mol. The van der Waals surface area contributed by atoms with Gasteiger partial charge in [-0.25, -0.2) is 0 Å². The summed E-state index contributed by atoms with van der Waals surface area (Å²) in [4.78, 5) is 20.9. The third kappa shape index (κ3) is 4.80. The normalized spacial score (nSPS) is 23.5. The lowest BCUT2D eigenvalue weighted by Gasteiger charge is -2.57. The zero-order valence-corrected chi connectivity index (χ0v) is 17.9. The van der Waals surface area contributed by atoms with Crippen LogP contribution >= 0.6 is 0 Å². The molecule has 31 heavy (non-hydrogen) atoms.